The average molecular weight is 252 g/mol. The van der Waals surface area contributed by atoms with Gasteiger partial charge in [-0.25, -0.2) is 8.42 Å². The third kappa shape index (κ3) is 1.49. The molecule has 0 saturated carbocycles. The van der Waals surface area contributed by atoms with Gasteiger partial charge in [-0.2, -0.15) is 0 Å². The van der Waals surface area contributed by atoms with Crippen molar-refractivity contribution in [3.05, 3.63) is 24.2 Å². The lowest BCUT2D eigenvalue weighted by atomic mass is 10.2. The van der Waals surface area contributed by atoms with Crippen LogP contribution in [0.15, 0.2) is 18.3 Å². The summed E-state index contributed by atoms with van der Waals surface area (Å²) in [7, 11) is -3.08. The van der Waals surface area contributed by atoms with Crippen LogP contribution in [0, 0.1) is 0 Å². The van der Waals surface area contributed by atoms with Gasteiger partial charge >= 0.3 is 0 Å². The van der Waals surface area contributed by atoms with E-state index in [4.69, 9.17) is 5.73 Å². The Morgan fingerprint density at radius 1 is 1.41 bits per heavy atom. The summed E-state index contributed by atoms with van der Waals surface area (Å²) in [5.41, 5.74) is 6.78. The van der Waals surface area contributed by atoms with Gasteiger partial charge in [0.05, 0.1) is 11.4 Å². The summed E-state index contributed by atoms with van der Waals surface area (Å²) in [5.74, 6) is 0.708. The van der Waals surface area contributed by atoms with Gasteiger partial charge in [-0.1, -0.05) is 0 Å². The van der Waals surface area contributed by atoms with Crippen LogP contribution in [-0.4, -0.2) is 28.8 Å². The highest BCUT2D eigenvalue weighted by Gasteiger charge is 2.36. The van der Waals surface area contributed by atoms with E-state index in [1.54, 1.807) is 22.7 Å². The van der Waals surface area contributed by atoms with Crippen molar-refractivity contribution in [1.29, 1.82) is 0 Å². The quantitative estimate of drug-likeness (QED) is 0.801. The Morgan fingerprint density at radius 2 is 2.24 bits per heavy atom. The molecular weight excluding hydrogens is 240 g/mol. The van der Waals surface area contributed by atoms with Crippen LogP contribution in [0.5, 0.6) is 0 Å². The number of hydrogen-bond donors (Lipinski definition) is 1. The summed E-state index contributed by atoms with van der Waals surface area (Å²) in [6.07, 6.45) is 3.04. The number of anilines is 1. The summed E-state index contributed by atoms with van der Waals surface area (Å²) in [6.45, 7) is 0. The van der Waals surface area contributed by atoms with Crippen molar-refractivity contribution in [2.24, 2.45) is 0 Å². The molecule has 1 unspecified atom stereocenters. The fraction of sp³-hybridized carbons (Fsp3) is 0.400. The minimum atomic E-state index is -3.08. The van der Waals surface area contributed by atoms with E-state index >= 15 is 0 Å². The van der Waals surface area contributed by atoms with E-state index in [0.717, 1.165) is 0 Å². The molecule has 0 bridgehead atoms. The van der Waals surface area contributed by atoms with Crippen molar-refractivity contribution < 1.29 is 8.42 Å². The van der Waals surface area contributed by atoms with Crippen LogP contribution in [0.25, 0.3) is 5.65 Å². The number of pyridine rings is 1. The van der Waals surface area contributed by atoms with Crippen LogP contribution < -0.4 is 5.73 Å². The second kappa shape index (κ2) is 3.43. The highest BCUT2D eigenvalue weighted by atomic mass is 32.2. The first kappa shape index (κ1) is 10.5. The molecule has 0 radical (unpaired) electrons. The zero-order valence-electron chi connectivity index (χ0n) is 9.07. The lowest BCUT2D eigenvalue weighted by molar-refractivity contribution is 0.588. The Hall–Kier alpha value is -1.63. The molecule has 3 heterocycles. The van der Waals surface area contributed by atoms with Crippen molar-refractivity contribution in [2.75, 3.05) is 11.5 Å². The predicted octanol–water partition coefficient (Wildman–Crippen LogP) is 0.561. The molecule has 17 heavy (non-hydrogen) atoms. The third-order valence-corrected chi connectivity index (χ3v) is 5.28. The molecule has 3 rings (SSSR count). The minimum absolute atomic E-state index is 0.231. The molecule has 2 N–H and O–H groups in total. The van der Waals surface area contributed by atoms with Crippen LogP contribution in [0.1, 0.15) is 23.9 Å². The Bertz CT molecular complexity index is 677. The van der Waals surface area contributed by atoms with E-state index in [0.29, 0.717) is 30.0 Å². The number of fused-ring (bicyclic) bond motifs is 1. The maximum atomic E-state index is 11.9. The van der Waals surface area contributed by atoms with Gasteiger partial charge in [0, 0.05) is 6.20 Å². The third-order valence-electron chi connectivity index (χ3n) is 3.11. The van der Waals surface area contributed by atoms with Gasteiger partial charge in [0.1, 0.15) is 5.25 Å². The van der Waals surface area contributed by atoms with Gasteiger partial charge < -0.3 is 5.73 Å². The molecule has 1 saturated heterocycles. The molecule has 0 spiro atoms. The standard InChI is InChI=1S/C10H12N4O2S/c11-7-3-1-5-14-9(7)12-13-10(14)8-4-2-6-17(8,15)16/h1,3,5,8H,2,4,6,11H2. The van der Waals surface area contributed by atoms with Gasteiger partial charge in [0.2, 0.25) is 0 Å². The lowest BCUT2D eigenvalue weighted by Gasteiger charge is -2.07. The molecule has 2 aromatic heterocycles. The number of hydrogen-bond acceptors (Lipinski definition) is 5. The second-order valence-electron chi connectivity index (χ2n) is 4.21. The lowest BCUT2D eigenvalue weighted by Crippen LogP contribution is -2.11. The Morgan fingerprint density at radius 3 is 2.94 bits per heavy atom. The van der Waals surface area contributed by atoms with Crippen LogP contribution in [0.2, 0.25) is 0 Å². The fourth-order valence-electron chi connectivity index (χ4n) is 2.26. The van der Waals surface area contributed by atoms with Crippen LogP contribution in [0.3, 0.4) is 0 Å². The van der Waals surface area contributed by atoms with E-state index in [1.807, 2.05) is 0 Å². The summed E-state index contributed by atoms with van der Waals surface area (Å²) in [6, 6.07) is 3.48. The summed E-state index contributed by atoms with van der Waals surface area (Å²) < 4.78 is 25.4. The van der Waals surface area contributed by atoms with Gasteiger partial charge in [-0.3, -0.25) is 4.40 Å². The Balaban J connectivity index is 2.22. The van der Waals surface area contributed by atoms with E-state index in [-0.39, 0.29) is 5.75 Å². The van der Waals surface area contributed by atoms with Gasteiger partial charge in [-0.05, 0) is 25.0 Å². The van der Waals surface area contributed by atoms with Crippen molar-refractivity contribution in [3.63, 3.8) is 0 Å². The normalized spacial score (nSPS) is 23.2. The minimum Gasteiger partial charge on any atom is -0.396 e. The number of sulfone groups is 1. The number of nitrogens with two attached hydrogens (primary N) is 1. The van der Waals surface area contributed by atoms with Crippen molar-refractivity contribution in [3.8, 4) is 0 Å². The molecule has 6 nitrogen and oxygen atoms in total. The highest BCUT2D eigenvalue weighted by Crippen LogP contribution is 2.33. The summed E-state index contributed by atoms with van der Waals surface area (Å²) in [5, 5.41) is 7.40. The van der Waals surface area contributed by atoms with E-state index in [2.05, 4.69) is 10.2 Å². The van der Waals surface area contributed by atoms with E-state index in [9.17, 15) is 8.42 Å². The first-order valence-corrected chi connectivity index (χ1v) is 7.12. The van der Waals surface area contributed by atoms with E-state index < -0.39 is 15.1 Å². The van der Waals surface area contributed by atoms with Crippen molar-refractivity contribution >= 4 is 21.2 Å². The average Bonchev–Trinajstić information content (AvgIpc) is 2.82. The molecule has 1 fully saturated rings. The molecule has 7 heteroatoms. The maximum Gasteiger partial charge on any atom is 0.184 e. The largest absolute Gasteiger partial charge is 0.396 e. The topological polar surface area (TPSA) is 90.3 Å². The zero-order chi connectivity index (χ0) is 12.0. The first-order chi connectivity index (χ1) is 8.09. The molecule has 1 atom stereocenters. The zero-order valence-corrected chi connectivity index (χ0v) is 9.89. The van der Waals surface area contributed by atoms with E-state index in [1.165, 1.54) is 0 Å². The molecule has 0 aliphatic carbocycles. The van der Waals surface area contributed by atoms with Crippen LogP contribution in [-0.2, 0) is 9.84 Å². The molecule has 1 aliphatic heterocycles. The fourth-order valence-corrected chi connectivity index (χ4v) is 4.12. The molecule has 0 aromatic carbocycles. The molecule has 0 amide bonds. The van der Waals surface area contributed by atoms with Crippen molar-refractivity contribution in [1.82, 2.24) is 14.6 Å². The summed E-state index contributed by atoms with van der Waals surface area (Å²) in [4.78, 5) is 0. The van der Waals surface area contributed by atoms with Crippen LogP contribution >= 0.6 is 0 Å². The summed E-state index contributed by atoms with van der Waals surface area (Å²) >= 11 is 0. The second-order valence-corrected chi connectivity index (χ2v) is 6.52. The van der Waals surface area contributed by atoms with Gasteiger partial charge in [0.15, 0.2) is 21.3 Å². The monoisotopic (exact) mass is 252 g/mol. The highest BCUT2D eigenvalue weighted by molar-refractivity contribution is 7.91. The SMILES string of the molecule is Nc1cccn2c(C3CCCS3(=O)=O)nnc12. The number of aromatic nitrogens is 3. The maximum absolute atomic E-state index is 11.9. The molecular formula is C10H12N4O2S. The van der Waals surface area contributed by atoms with Crippen LogP contribution in [0.4, 0.5) is 5.69 Å². The predicted molar refractivity (Wildman–Crippen MR) is 63.2 cm³/mol. The smallest absolute Gasteiger partial charge is 0.184 e. The Labute approximate surface area is 98.4 Å². The molecule has 90 valence electrons. The van der Waals surface area contributed by atoms with Gasteiger partial charge in [0.25, 0.3) is 0 Å². The molecule has 1 aliphatic rings. The number of nitrogens with zero attached hydrogens (tertiary/aromatic N) is 3. The van der Waals surface area contributed by atoms with Crippen molar-refractivity contribution in [2.45, 2.75) is 18.1 Å². The number of nitrogen functional groups attached to an aromatic ring is 1. The number of rotatable bonds is 1. The Kier molecular flexibility index (Phi) is 2.12. The first-order valence-electron chi connectivity index (χ1n) is 5.40. The van der Waals surface area contributed by atoms with Gasteiger partial charge in [-0.15, -0.1) is 10.2 Å². The molecule has 2 aromatic rings.